The van der Waals surface area contributed by atoms with Crippen LogP contribution in [0.2, 0.25) is 0 Å². The van der Waals surface area contributed by atoms with Crippen LogP contribution in [-0.2, 0) is 6.54 Å². The van der Waals surface area contributed by atoms with Crippen LogP contribution >= 0.6 is 0 Å². The maximum Gasteiger partial charge on any atom is 0.191 e. The monoisotopic (exact) mass is 346 g/mol. The van der Waals surface area contributed by atoms with Gasteiger partial charge in [0.15, 0.2) is 5.96 Å². The molecule has 1 fully saturated rings. The minimum atomic E-state index is 0.628. The van der Waals surface area contributed by atoms with E-state index in [1.54, 1.807) is 0 Å². The lowest BCUT2D eigenvalue weighted by Gasteiger charge is -2.14. The molecule has 0 heterocycles. The van der Waals surface area contributed by atoms with Crippen molar-refractivity contribution in [2.24, 2.45) is 10.9 Å². The standard InChI is InChI=1S/C20H34N4O/c1-5-21-20(22-11-6-12-24(3)4)23-14-18-10-7-16(2)13-19(18)25-15-17-8-9-17/h7,10,13,17H,5-6,8-9,11-12,14-15H2,1-4H3,(H2,21,22,23). The highest BCUT2D eigenvalue weighted by atomic mass is 16.5. The molecule has 0 saturated heterocycles. The molecule has 0 spiro atoms. The average Bonchev–Trinajstić information content (AvgIpc) is 3.39. The van der Waals surface area contributed by atoms with E-state index in [4.69, 9.17) is 9.73 Å². The third kappa shape index (κ3) is 7.78. The van der Waals surface area contributed by atoms with Gasteiger partial charge in [-0.05, 0) is 71.3 Å². The third-order valence-electron chi connectivity index (χ3n) is 4.22. The van der Waals surface area contributed by atoms with Crippen molar-refractivity contribution < 1.29 is 4.74 Å². The molecule has 0 radical (unpaired) electrons. The van der Waals surface area contributed by atoms with E-state index in [2.05, 4.69) is 61.7 Å². The minimum Gasteiger partial charge on any atom is -0.493 e. The molecule has 25 heavy (non-hydrogen) atoms. The molecule has 140 valence electrons. The lowest BCUT2D eigenvalue weighted by atomic mass is 10.1. The van der Waals surface area contributed by atoms with Crippen LogP contribution in [0.15, 0.2) is 23.2 Å². The number of rotatable bonds is 10. The first-order chi connectivity index (χ1) is 12.1. The number of aliphatic imine (C=N–C) groups is 1. The molecule has 1 aromatic rings. The highest BCUT2D eigenvalue weighted by molar-refractivity contribution is 5.79. The summed E-state index contributed by atoms with van der Waals surface area (Å²) in [5.41, 5.74) is 2.38. The molecule has 0 amide bonds. The SMILES string of the molecule is CCNC(=NCc1ccc(C)cc1OCC1CC1)NCCCN(C)C. The largest absolute Gasteiger partial charge is 0.493 e. The van der Waals surface area contributed by atoms with Crippen LogP contribution in [0.3, 0.4) is 0 Å². The Bertz CT molecular complexity index is 553. The number of nitrogens with one attached hydrogen (secondary N) is 2. The second-order valence-electron chi connectivity index (χ2n) is 7.14. The topological polar surface area (TPSA) is 48.9 Å². The van der Waals surface area contributed by atoms with Crippen molar-refractivity contribution in [2.45, 2.75) is 39.7 Å². The van der Waals surface area contributed by atoms with Crippen molar-refractivity contribution in [3.8, 4) is 5.75 Å². The van der Waals surface area contributed by atoms with Crippen LogP contribution in [0, 0.1) is 12.8 Å². The Morgan fingerprint density at radius 2 is 2.08 bits per heavy atom. The van der Waals surface area contributed by atoms with Gasteiger partial charge in [-0.15, -0.1) is 0 Å². The lowest BCUT2D eigenvalue weighted by molar-refractivity contribution is 0.296. The maximum absolute atomic E-state index is 6.04. The molecule has 2 rings (SSSR count). The van der Waals surface area contributed by atoms with E-state index in [9.17, 15) is 0 Å². The van der Waals surface area contributed by atoms with Crippen molar-refractivity contribution in [1.82, 2.24) is 15.5 Å². The molecule has 0 aromatic heterocycles. The smallest absolute Gasteiger partial charge is 0.191 e. The first kappa shape index (κ1) is 19.6. The highest BCUT2D eigenvalue weighted by Crippen LogP contribution is 2.30. The summed E-state index contributed by atoms with van der Waals surface area (Å²) in [6.07, 6.45) is 3.71. The number of ether oxygens (including phenoxy) is 1. The fourth-order valence-corrected chi connectivity index (χ4v) is 2.53. The Labute approximate surface area is 152 Å². The van der Waals surface area contributed by atoms with Crippen molar-refractivity contribution in [3.63, 3.8) is 0 Å². The van der Waals surface area contributed by atoms with E-state index in [0.717, 1.165) is 55.9 Å². The molecular weight excluding hydrogens is 312 g/mol. The van der Waals surface area contributed by atoms with Crippen LogP contribution in [0.1, 0.15) is 37.3 Å². The fraction of sp³-hybridized carbons (Fsp3) is 0.650. The van der Waals surface area contributed by atoms with Gasteiger partial charge in [0.25, 0.3) is 0 Å². The van der Waals surface area contributed by atoms with Crippen LogP contribution in [0.25, 0.3) is 0 Å². The zero-order valence-corrected chi connectivity index (χ0v) is 16.3. The number of guanidine groups is 1. The van der Waals surface area contributed by atoms with Gasteiger partial charge in [0, 0.05) is 18.7 Å². The van der Waals surface area contributed by atoms with Gasteiger partial charge in [0.05, 0.1) is 13.2 Å². The van der Waals surface area contributed by atoms with Crippen LogP contribution in [0.5, 0.6) is 5.75 Å². The predicted molar refractivity (Wildman–Crippen MR) is 105 cm³/mol. The summed E-state index contributed by atoms with van der Waals surface area (Å²) in [5.74, 6) is 2.61. The van der Waals surface area contributed by atoms with Crippen LogP contribution in [0.4, 0.5) is 0 Å². The summed E-state index contributed by atoms with van der Waals surface area (Å²) in [6, 6.07) is 6.40. The van der Waals surface area contributed by atoms with Gasteiger partial charge in [0.1, 0.15) is 5.75 Å². The summed E-state index contributed by atoms with van der Waals surface area (Å²) in [6.45, 7) is 8.51. The Morgan fingerprint density at radius 3 is 2.76 bits per heavy atom. The average molecular weight is 347 g/mol. The fourth-order valence-electron chi connectivity index (χ4n) is 2.53. The van der Waals surface area contributed by atoms with Gasteiger partial charge in [-0.1, -0.05) is 12.1 Å². The van der Waals surface area contributed by atoms with Crippen molar-refractivity contribution in [3.05, 3.63) is 29.3 Å². The molecule has 1 aliphatic rings. The van der Waals surface area contributed by atoms with Crippen LogP contribution in [-0.4, -0.2) is 51.2 Å². The van der Waals surface area contributed by atoms with Crippen LogP contribution < -0.4 is 15.4 Å². The molecule has 5 nitrogen and oxygen atoms in total. The molecule has 2 N–H and O–H groups in total. The summed E-state index contributed by atoms with van der Waals surface area (Å²) in [4.78, 5) is 6.93. The minimum absolute atomic E-state index is 0.628. The molecule has 1 aromatic carbocycles. The van der Waals surface area contributed by atoms with E-state index < -0.39 is 0 Å². The zero-order chi connectivity index (χ0) is 18.1. The van der Waals surface area contributed by atoms with Gasteiger partial charge in [0.2, 0.25) is 0 Å². The highest BCUT2D eigenvalue weighted by Gasteiger charge is 2.22. The molecular formula is C20H34N4O. The molecule has 1 aliphatic carbocycles. The second kappa shape index (κ2) is 10.3. The van der Waals surface area contributed by atoms with E-state index in [1.165, 1.54) is 18.4 Å². The summed E-state index contributed by atoms with van der Waals surface area (Å²) in [7, 11) is 4.19. The van der Waals surface area contributed by atoms with Crippen molar-refractivity contribution in [1.29, 1.82) is 0 Å². The number of hydrogen-bond donors (Lipinski definition) is 2. The van der Waals surface area contributed by atoms with E-state index in [0.29, 0.717) is 6.54 Å². The Hall–Kier alpha value is -1.75. The quantitative estimate of drug-likeness (QED) is 0.389. The Morgan fingerprint density at radius 1 is 1.28 bits per heavy atom. The summed E-state index contributed by atoms with van der Waals surface area (Å²) in [5, 5.41) is 6.73. The maximum atomic E-state index is 6.04. The number of nitrogens with zero attached hydrogens (tertiary/aromatic N) is 2. The zero-order valence-electron chi connectivity index (χ0n) is 16.3. The molecule has 0 bridgehead atoms. The summed E-state index contributed by atoms with van der Waals surface area (Å²) < 4.78 is 6.04. The number of aryl methyl sites for hydroxylation is 1. The Balaban J connectivity index is 1.92. The third-order valence-corrected chi connectivity index (χ3v) is 4.22. The van der Waals surface area contributed by atoms with Crippen molar-refractivity contribution in [2.75, 3.05) is 40.3 Å². The molecule has 0 unspecified atom stereocenters. The first-order valence-corrected chi connectivity index (χ1v) is 9.47. The first-order valence-electron chi connectivity index (χ1n) is 9.47. The molecule has 1 saturated carbocycles. The molecule has 0 atom stereocenters. The Kier molecular flexibility index (Phi) is 8.06. The summed E-state index contributed by atoms with van der Waals surface area (Å²) >= 11 is 0. The van der Waals surface area contributed by atoms with Gasteiger partial charge in [-0.25, -0.2) is 4.99 Å². The normalized spacial score (nSPS) is 14.7. The second-order valence-corrected chi connectivity index (χ2v) is 7.14. The van der Waals surface area contributed by atoms with E-state index in [1.807, 2.05) is 0 Å². The van der Waals surface area contributed by atoms with Gasteiger partial charge in [-0.3, -0.25) is 0 Å². The molecule has 5 heteroatoms. The molecule has 0 aliphatic heterocycles. The van der Waals surface area contributed by atoms with Gasteiger partial charge < -0.3 is 20.3 Å². The van der Waals surface area contributed by atoms with Gasteiger partial charge >= 0.3 is 0 Å². The lowest BCUT2D eigenvalue weighted by Crippen LogP contribution is -2.38. The van der Waals surface area contributed by atoms with Crippen molar-refractivity contribution >= 4 is 5.96 Å². The van der Waals surface area contributed by atoms with Gasteiger partial charge in [-0.2, -0.15) is 0 Å². The number of hydrogen-bond acceptors (Lipinski definition) is 3. The van der Waals surface area contributed by atoms with E-state index >= 15 is 0 Å². The predicted octanol–water partition coefficient (Wildman–Crippen LogP) is 2.79. The number of benzene rings is 1. The van der Waals surface area contributed by atoms with E-state index in [-0.39, 0.29) is 0 Å².